The van der Waals surface area contributed by atoms with Gasteiger partial charge in [-0.05, 0) is 24.2 Å². The van der Waals surface area contributed by atoms with Gasteiger partial charge in [-0.1, -0.05) is 30.3 Å². The number of hydrogen-bond acceptors (Lipinski definition) is 3. The molecule has 0 spiro atoms. The number of carboxylic acids is 2. The first-order chi connectivity index (χ1) is 8.11. The Hall–Kier alpha value is -1.49. The zero-order chi connectivity index (χ0) is 12.7. The van der Waals surface area contributed by atoms with Crippen LogP contribution in [0.25, 0.3) is 0 Å². The molecule has 0 aliphatic heterocycles. The summed E-state index contributed by atoms with van der Waals surface area (Å²) >= 11 is 0.958. The van der Waals surface area contributed by atoms with Crippen molar-refractivity contribution in [3.8, 4) is 0 Å². The third kappa shape index (κ3) is 4.91. The van der Waals surface area contributed by atoms with Gasteiger partial charge in [-0.15, -0.1) is 11.8 Å². The highest BCUT2D eigenvalue weighted by Gasteiger charge is 2.25. The highest BCUT2D eigenvalue weighted by molar-refractivity contribution is 8.01. The van der Waals surface area contributed by atoms with E-state index in [1.165, 1.54) is 5.56 Å². The summed E-state index contributed by atoms with van der Waals surface area (Å²) in [4.78, 5) is 21.2. The molecule has 0 unspecified atom stereocenters. The molecule has 0 atom stereocenters. The van der Waals surface area contributed by atoms with E-state index in [-0.39, 0.29) is 0 Å². The van der Waals surface area contributed by atoms with Crippen LogP contribution in [0.3, 0.4) is 0 Å². The molecule has 4 nitrogen and oxygen atoms in total. The van der Waals surface area contributed by atoms with Gasteiger partial charge in [0.25, 0.3) is 0 Å². The van der Waals surface area contributed by atoms with Crippen LogP contribution < -0.4 is 0 Å². The van der Waals surface area contributed by atoms with Crippen LogP contribution in [0.15, 0.2) is 30.3 Å². The average Bonchev–Trinajstić information content (AvgIpc) is 2.29. The molecule has 5 heteroatoms. The van der Waals surface area contributed by atoms with E-state index in [0.717, 1.165) is 24.6 Å². The van der Waals surface area contributed by atoms with Gasteiger partial charge in [0.05, 0.1) is 0 Å². The molecule has 0 aromatic heterocycles. The predicted molar refractivity (Wildman–Crippen MR) is 66.3 cm³/mol. The van der Waals surface area contributed by atoms with E-state index in [1.807, 2.05) is 30.3 Å². The van der Waals surface area contributed by atoms with Crippen molar-refractivity contribution in [2.45, 2.75) is 18.1 Å². The SMILES string of the molecule is O=C(O)C(SCCCc1ccccc1)C(=O)O. The summed E-state index contributed by atoms with van der Waals surface area (Å²) in [5.74, 6) is -2.05. The normalized spacial score (nSPS) is 10.4. The highest BCUT2D eigenvalue weighted by Crippen LogP contribution is 2.14. The van der Waals surface area contributed by atoms with Crippen LogP contribution in [0.5, 0.6) is 0 Å². The fourth-order valence-corrected chi connectivity index (χ4v) is 2.20. The molecule has 0 saturated heterocycles. The molecular weight excluding hydrogens is 240 g/mol. The Labute approximate surface area is 104 Å². The number of carboxylic acid groups (broad SMARTS) is 2. The van der Waals surface area contributed by atoms with E-state index in [4.69, 9.17) is 10.2 Å². The summed E-state index contributed by atoms with van der Waals surface area (Å²) < 4.78 is 0. The minimum atomic E-state index is -1.36. The highest BCUT2D eigenvalue weighted by atomic mass is 32.2. The number of rotatable bonds is 7. The Balaban J connectivity index is 2.28. The van der Waals surface area contributed by atoms with Crippen molar-refractivity contribution in [1.82, 2.24) is 0 Å². The zero-order valence-electron chi connectivity index (χ0n) is 9.20. The van der Waals surface area contributed by atoms with Crippen molar-refractivity contribution < 1.29 is 19.8 Å². The Morgan fingerprint density at radius 1 is 1.12 bits per heavy atom. The summed E-state index contributed by atoms with van der Waals surface area (Å²) in [6.45, 7) is 0. The van der Waals surface area contributed by atoms with Crippen LogP contribution in [0.1, 0.15) is 12.0 Å². The minimum Gasteiger partial charge on any atom is -0.480 e. The second kappa shape index (κ2) is 6.96. The minimum absolute atomic E-state index is 0.526. The average molecular weight is 254 g/mol. The Bertz CT molecular complexity index is 363. The first-order valence-corrected chi connectivity index (χ1v) is 6.27. The molecular formula is C12H14O4S. The molecule has 0 bridgehead atoms. The van der Waals surface area contributed by atoms with Crippen LogP contribution in [-0.4, -0.2) is 33.2 Å². The summed E-state index contributed by atoms with van der Waals surface area (Å²) in [5, 5.41) is 16.0. The van der Waals surface area contributed by atoms with Crippen molar-refractivity contribution in [1.29, 1.82) is 0 Å². The van der Waals surface area contributed by atoms with Crippen LogP contribution in [0, 0.1) is 0 Å². The molecule has 0 heterocycles. The summed E-state index contributed by atoms with van der Waals surface area (Å²) in [7, 11) is 0. The second-order valence-electron chi connectivity index (χ2n) is 3.52. The first kappa shape index (κ1) is 13.6. The smallest absolute Gasteiger partial charge is 0.328 e. The monoisotopic (exact) mass is 254 g/mol. The molecule has 92 valence electrons. The van der Waals surface area contributed by atoms with Crippen molar-refractivity contribution in [2.24, 2.45) is 0 Å². The lowest BCUT2D eigenvalue weighted by molar-refractivity contribution is -0.146. The van der Waals surface area contributed by atoms with Crippen molar-refractivity contribution in [3.63, 3.8) is 0 Å². The van der Waals surface area contributed by atoms with Gasteiger partial charge in [0.1, 0.15) is 0 Å². The summed E-state index contributed by atoms with van der Waals surface area (Å²) in [6.07, 6.45) is 1.60. The molecule has 0 aliphatic carbocycles. The Kier molecular flexibility index (Phi) is 5.56. The van der Waals surface area contributed by atoms with Gasteiger partial charge >= 0.3 is 11.9 Å². The Morgan fingerprint density at radius 3 is 2.24 bits per heavy atom. The van der Waals surface area contributed by atoms with Gasteiger partial charge in [0.15, 0.2) is 5.25 Å². The molecule has 1 rings (SSSR count). The van der Waals surface area contributed by atoms with Gasteiger partial charge in [-0.3, -0.25) is 9.59 Å². The maximum Gasteiger partial charge on any atom is 0.328 e. The van der Waals surface area contributed by atoms with E-state index in [9.17, 15) is 9.59 Å². The topological polar surface area (TPSA) is 74.6 Å². The van der Waals surface area contributed by atoms with Gasteiger partial charge in [-0.2, -0.15) is 0 Å². The van der Waals surface area contributed by atoms with Crippen LogP contribution >= 0.6 is 11.8 Å². The lowest BCUT2D eigenvalue weighted by Crippen LogP contribution is -2.26. The molecule has 0 amide bonds. The van der Waals surface area contributed by atoms with Gasteiger partial charge in [-0.25, -0.2) is 0 Å². The molecule has 2 N–H and O–H groups in total. The fourth-order valence-electron chi connectivity index (χ4n) is 1.37. The number of aliphatic carboxylic acids is 2. The second-order valence-corrected chi connectivity index (χ2v) is 4.73. The Morgan fingerprint density at radius 2 is 1.71 bits per heavy atom. The van der Waals surface area contributed by atoms with Crippen LogP contribution in [0.4, 0.5) is 0 Å². The van der Waals surface area contributed by atoms with E-state index in [0.29, 0.717) is 5.75 Å². The third-order valence-electron chi connectivity index (χ3n) is 2.19. The maximum atomic E-state index is 10.6. The molecule has 1 aromatic rings. The summed E-state index contributed by atoms with van der Waals surface area (Å²) in [6, 6.07) is 9.82. The van der Waals surface area contributed by atoms with Crippen LogP contribution in [-0.2, 0) is 16.0 Å². The fraction of sp³-hybridized carbons (Fsp3) is 0.333. The molecule has 17 heavy (non-hydrogen) atoms. The lowest BCUT2D eigenvalue weighted by atomic mass is 10.1. The molecule has 0 saturated carbocycles. The molecule has 0 radical (unpaired) electrons. The van der Waals surface area contributed by atoms with Crippen LogP contribution in [0.2, 0.25) is 0 Å². The van der Waals surface area contributed by atoms with Gasteiger partial charge in [0, 0.05) is 0 Å². The lowest BCUT2D eigenvalue weighted by Gasteiger charge is -2.06. The maximum absolute atomic E-state index is 10.6. The van der Waals surface area contributed by atoms with E-state index in [1.54, 1.807) is 0 Å². The van der Waals surface area contributed by atoms with E-state index >= 15 is 0 Å². The van der Waals surface area contributed by atoms with Gasteiger partial charge in [0.2, 0.25) is 0 Å². The number of carbonyl (C=O) groups is 2. The van der Waals surface area contributed by atoms with Crippen molar-refractivity contribution in [3.05, 3.63) is 35.9 Å². The quantitative estimate of drug-likeness (QED) is 0.574. The predicted octanol–water partition coefficient (Wildman–Crippen LogP) is 1.89. The molecule has 0 aliphatic rings. The van der Waals surface area contributed by atoms with E-state index in [2.05, 4.69) is 0 Å². The summed E-state index contributed by atoms with van der Waals surface area (Å²) in [5.41, 5.74) is 1.18. The largest absolute Gasteiger partial charge is 0.480 e. The zero-order valence-corrected chi connectivity index (χ0v) is 10.0. The first-order valence-electron chi connectivity index (χ1n) is 5.22. The van der Waals surface area contributed by atoms with E-state index < -0.39 is 17.2 Å². The third-order valence-corrected chi connectivity index (χ3v) is 3.45. The van der Waals surface area contributed by atoms with Crippen molar-refractivity contribution >= 4 is 23.7 Å². The number of benzene rings is 1. The van der Waals surface area contributed by atoms with Gasteiger partial charge < -0.3 is 10.2 Å². The number of hydrogen-bond donors (Lipinski definition) is 2. The molecule has 1 aromatic carbocycles. The van der Waals surface area contributed by atoms with Crippen molar-refractivity contribution in [2.75, 3.05) is 5.75 Å². The number of thioether (sulfide) groups is 1. The molecule has 0 fully saturated rings. The number of aryl methyl sites for hydroxylation is 1. The standard InChI is InChI=1S/C12H14O4S/c13-11(14)10(12(15)16)17-8-4-7-9-5-2-1-3-6-9/h1-3,5-6,10H,4,7-8H2,(H,13,14)(H,15,16).